The van der Waals surface area contributed by atoms with E-state index in [9.17, 15) is 4.79 Å². The van der Waals surface area contributed by atoms with Crippen LogP contribution < -0.4 is 9.47 Å². The van der Waals surface area contributed by atoms with Gasteiger partial charge in [0, 0.05) is 10.9 Å². The summed E-state index contributed by atoms with van der Waals surface area (Å²) in [6, 6.07) is 13.6. The normalized spacial score (nSPS) is 13.0. The van der Waals surface area contributed by atoms with E-state index in [4.69, 9.17) is 14.5 Å². The van der Waals surface area contributed by atoms with Crippen molar-refractivity contribution < 1.29 is 14.3 Å². The zero-order valence-corrected chi connectivity index (χ0v) is 15.6. The molecule has 3 aromatic rings. The molecule has 0 N–H and O–H groups in total. The molecule has 4 rings (SSSR count). The van der Waals surface area contributed by atoms with Crippen molar-refractivity contribution in [2.45, 2.75) is 18.9 Å². The molecule has 2 heterocycles. The average Bonchev–Trinajstić information content (AvgIpc) is 2.66. The number of ether oxygens (including phenoxy) is 2. The minimum atomic E-state index is 0.0521. The van der Waals surface area contributed by atoms with Crippen molar-refractivity contribution in [3.8, 4) is 11.5 Å². The molecule has 4 nitrogen and oxygen atoms in total. The molecule has 132 valence electrons. The van der Waals surface area contributed by atoms with Gasteiger partial charge in [-0.3, -0.25) is 4.79 Å². The standard InChI is InChI=1S/C21H19NO3S/c1-13-4-3-5-16-14(2)10-20(22-21(13)16)26-12-17(23)15-6-7-18-19(11-15)25-9-8-24-18/h3-7,10-11H,8-9,12H2,1-2H3. The minimum Gasteiger partial charge on any atom is -0.486 e. The Morgan fingerprint density at radius 3 is 2.69 bits per heavy atom. The Kier molecular flexibility index (Phi) is 4.55. The van der Waals surface area contributed by atoms with Gasteiger partial charge in [-0.25, -0.2) is 4.98 Å². The summed E-state index contributed by atoms with van der Waals surface area (Å²) < 4.78 is 11.1. The Labute approximate surface area is 156 Å². The second kappa shape index (κ2) is 7.00. The summed E-state index contributed by atoms with van der Waals surface area (Å²) in [5.74, 6) is 1.73. The van der Waals surface area contributed by atoms with Crippen LogP contribution in [0.1, 0.15) is 21.5 Å². The Balaban J connectivity index is 1.53. The highest BCUT2D eigenvalue weighted by Crippen LogP contribution is 2.32. The number of carbonyl (C=O) groups excluding carboxylic acids is 1. The number of pyridine rings is 1. The summed E-state index contributed by atoms with van der Waals surface area (Å²) in [7, 11) is 0. The minimum absolute atomic E-state index is 0.0521. The molecule has 1 aliphatic rings. The van der Waals surface area contributed by atoms with Crippen LogP contribution in [0.15, 0.2) is 47.5 Å². The number of hydrogen-bond acceptors (Lipinski definition) is 5. The summed E-state index contributed by atoms with van der Waals surface area (Å²) in [6.07, 6.45) is 0. The van der Waals surface area contributed by atoms with Gasteiger partial charge in [0.1, 0.15) is 13.2 Å². The van der Waals surface area contributed by atoms with Crippen LogP contribution in [-0.4, -0.2) is 29.7 Å². The third-order valence-corrected chi connectivity index (χ3v) is 5.35. The van der Waals surface area contributed by atoms with Gasteiger partial charge in [0.25, 0.3) is 0 Å². The SMILES string of the molecule is Cc1cc(SCC(=O)c2ccc3c(c2)OCCO3)nc2c(C)cccc12. The van der Waals surface area contributed by atoms with Gasteiger partial charge < -0.3 is 9.47 Å². The van der Waals surface area contributed by atoms with Crippen LogP contribution in [0.5, 0.6) is 11.5 Å². The highest BCUT2D eigenvalue weighted by atomic mass is 32.2. The van der Waals surface area contributed by atoms with E-state index in [1.807, 2.05) is 12.1 Å². The molecular formula is C21H19NO3S. The molecule has 0 fully saturated rings. The second-order valence-corrected chi connectivity index (χ2v) is 7.31. The van der Waals surface area contributed by atoms with Crippen LogP contribution in [0, 0.1) is 13.8 Å². The van der Waals surface area contributed by atoms with Crippen molar-refractivity contribution in [3.05, 3.63) is 59.2 Å². The average molecular weight is 365 g/mol. The highest BCUT2D eigenvalue weighted by Gasteiger charge is 2.15. The van der Waals surface area contributed by atoms with E-state index in [1.165, 1.54) is 17.3 Å². The molecule has 0 amide bonds. The Bertz CT molecular complexity index is 1000. The molecule has 0 spiro atoms. The number of hydrogen-bond donors (Lipinski definition) is 0. The number of rotatable bonds is 4. The fourth-order valence-corrected chi connectivity index (χ4v) is 3.91. The number of para-hydroxylation sites is 1. The Hall–Kier alpha value is -2.53. The van der Waals surface area contributed by atoms with Crippen molar-refractivity contribution in [3.63, 3.8) is 0 Å². The first-order valence-corrected chi connectivity index (χ1v) is 9.53. The van der Waals surface area contributed by atoms with Crippen molar-refractivity contribution in [2.75, 3.05) is 19.0 Å². The van der Waals surface area contributed by atoms with Crippen LogP contribution >= 0.6 is 11.8 Å². The number of Topliss-reactive ketones (excluding diaryl/α,β-unsaturated/α-hetero) is 1. The monoisotopic (exact) mass is 365 g/mol. The Morgan fingerprint density at radius 1 is 1.04 bits per heavy atom. The van der Waals surface area contributed by atoms with E-state index in [1.54, 1.807) is 18.2 Å². The maximum atomic E-state index is 12.6. The summed E-state index contributed by atoms with van der Waals surface area (Å²) in [6.45, 7) is 5.20. The lowest BCUT2D eigenvalue weighted by Crippen LogP contribution is -2.16. The first kappa shape index (κ1) is 16.9. The van der Waals surface area contributed by atoms with E-state index in [-0.39, 0.29) is 5.78 Å². The molecule has 0 saturated carbocycles. The number of aryl methyl sites for hydroxylation is 2. The predicted octanol–water partition coefficient (Wildman–Crippen LogP) is 4.60. The molecule has 0 aliphatic carbocycles. The quantitative estimate of drug-likeness (QED) is 0.500. The maximum absolute atomic E-state index is 12.6. The number of nitrogens with zero attached hydrogens (tertiary/aromatic N) is 1. The number of thioether (sulfide) groups is 1. The molecule has 0 unspecified atom stereocenters. The van der Waals surface area contributed by atoms with Gasteiger partial charge >= 0.3 is 0 Å². The third kappa shape index (κ3) is 3.27. The van der Waals surface area contributed by atoms with Crippen molar-refractivity contribution in [1.82, 2.24) is 4.98 Å². The number of carbonyl (C=O) groups is 1. The fraction of sp³-hybridized carbons (Fsp3) is 0.238. The smallest absolute Gasteiger partial charge is 0.173 e. The van der Waals surface area contributed by atoms with Crippen LogP contribution in [0.25, 0.3) is 10.9 Å². The largest absolute Gasteiger partial charge is 0.486 e. The lowest BCUT2D eigenvalue weighted by Gasteiger charge is -2.18. The lowest BCUT2D eigenvalue weighted by atomic mass is 10.1. The first-order chi connectivity index (χ1) is 12.6. The first-order valence-electron chi connectivity index (χ1n) is 8.54. The highest BCUT2D eigenvalue weighted by molar-refractivity contribution is 7.99. The zero-order valence-electron chi connectivity index (χ0n) is 14.7. The van der Waals surface area contributed by atoms with Gasteiger partial charge in [-0.2, -0.15) is 0 Å². The molecule has 1 aliphatic heterocycles. The van der Waals surface area contributed by atoms with Crippen LogP contribution in [0.2, 0.25) is 0 Å². The molecule has 0 radical (unpaired) electrons. The van der Waals surface area contributed by atoms with E-state index in [2.05, 4.69) is 26.0 Å². The Morgan fingerprint density at radius 2 is 1.85 bits per heavy atom. The molecular weight excluding hydrogens is 346 g/mol. The molecule has 0 saturated heterocycles. The van der Waals surface area contributed by atoms with Crippen LogP contribution in [0.3, 0.4) is 0 Å². The molecule has 0 bridgehead atoms. The number of ketones is 1. The number of fused-ring (bicyclic) bond motifs is 2. The second-order valence-electron chi connectivity index (χ2n) is 6.32. The molecule has 26 heavy (non-hydrogen) atoms. The van der Waals surface area contributed by atoms with Crippen LogP contribution in [0.4, 0.5) is 0 Å². The summed E-state index contributed by atoms with van der Waals surface area (Å²) in [4.78, 5) is 17.3. The van der Waals surface area contributed by atoms with Crippen molar-refractivity contribution in [1.29, 1.82) is 0 Å². The van der Waals surface area contributed by atoms with Gasteiger partial charge in [-0.1, -0.05) is 30.0 Å². The van der Waals surface area contributed by atoms with Gasteiger partial charge in [0.15, 0.2) is 17.3 Å². The predicted molar refractivity (Wildman–Crippen MR) is 104 cm³/mol. The van der Waals surface area contributed by atoms with Gasteiger partial charge in [-0.15, -0.1) is 0 Å². The third-order valence-electron chi connectivity index (χ3n) is 4.44. The van der Waals surface area contributed by atoms with Gasteiger partial charge in [0.05, 0.1) is 16.3 Å². The summed E-state index contributed by atoms with van der Waals surface area (Å²) in [5, 5.41) is 2.03. The van der Waals surface area contributed by atoms with E-state index in [0.29, 0.717) is 36.0 Å². The van der Waals surface area contributed by atoms with E-state index >= 15 is 0 Å². The zero-order chi connectivity index (χ0) is 18.1. The van der Waals surface area contributed by atoms with Crippen LogP contribution in [-0.2, 0) is 0 Å². The molecule has 2 aromatic carbocycles. The maximum Gasteiger partial charge on any atom is 0.173 e. The van der Waals surface area contributed by atoms with E-state index in [0.717, 1.165) is 21.5 Å². The van der Waals surface area contributed by atoms with Gasteiger partial charge in [0.2, 0.25) is 0 Å². The van der Waals surface area contributed by atoms with Crippen molar-refractivity contribution >= 4 is 28.4 Å². The summed E-state index contributed by atoms with van der Waals surface area (Å²) >= 11 is 1.47. The lowest BCUT2D eigenvalue weighted by molar-refractivity contribution is 0.102. The molecule has 1 aromatic heterocycles. The fourth-order valence-electron chi connectivity index (χ4n) is 3.04. The van der Waals surface area contributed by atoms with E-state index < -0.39 is 0 Å². The summed E-state index contributed by atoms with van der Waals surface area (Å²) in [5.41, 5.74) is 3.96. The number of benzene rings is 2. The topological polar surface area (TPSA) is 48.4 Å². The molecule has 0 atom stereocenters. The number of aromatic nitrogens is 1. The van der Waals surface area contributed by atoms with Crippen molar-refractivity contribution in [2.24, 2.45) is 0 Å². The molecule has 5 heteroatoms. The van der Waals surface area contributed by atoms with Gasteiger partial charge in [-0.05, 0) is 49.2 Å².